The Hall–Kier alpha value is -2.18. The van der Waals surface area contributed by atoms with Crippen LogP contribution >= 0.6 is 0 Å². The van der Waals surface area contributed by atoms with Crippen molar-refractivity contribution in [3.8, 4) is 5.75 Å². The SMILES string of the molecule is CC/C=C(\C=C/CCC(C)(C)c1ccc(OCC(CC)N=O)cc1)OCCCN(C)NC. The first-order chi connectivity index (χ1) is 15.4. The van der Waals surface area contributed by atoms with Crippen molar-refractivity contribution >= 4 is 0 Å². The number of ether oxygens (including phenoxy) is 2. The summed E-state index contributed by atoms with van der Waals surface area (Å²) >= 11 is 0. The molecule has 0 saturated heterocycles. The van der Waals surface area contributed by atoms with Crippen molar-refractivity contribution in [3.05, 3.63) is 58.7 Å². The molecule has 0 saturated carbocycles. The van der Waals surface area contributed by atoms with Crippen LogP contribution < -0.4 is 10.2 Å². The van der Waals surface area contributed by atoms with E-state index in [2.05, 4.69) is 61.7 Å². The van der Waals surface area contributed by atoms with Crippen LogP contribution in [0.3, 0.4) is 0 Å². The number of hydrogen-bond acceptors (Lipinski definition) is 6. The van der Waals surface area contributed by atoms with Crippen molar-refractivity contribution in [3.63, 3.8) is 0 Å². The zero-order chi connectivity index (χ0) is 23.8. The minimum absolute atomic E-state index is 0.0480. The van der Waals surface area contributed by atoms with Crippen LogP contribution in [0, 0.1) is 4.91 Å². The van der Waals surface area contributed by atoms with Crippen LogP contribution in [0.25, 0.3) is 0 Å². The van der Waals surface area contributed by atoms with Crippen LogP contribution in [0.15, 0.2) is 53.4 Å². The highest BCUT2D eigenvalue weighted by atomic mass is 16.5. The molecule has 180 valence electrons. The fourth-order valence-corrected chi connectivity index (χ4v) is 3.19. The third kappa shape index (κ3) is 10.9. The van der Waals surface area contributed by atoms with Gasteiger partial charge in [-0.15, -0.1) is 0 Å². The summed E-state index contributed by atoms with van der Waals surface area (Å²) in [5.74, 6) is 1.73. The molecule has 1 rings (SSSR count). The lowest BCUT2D eigenvalue weighted by Crippen LogP contribution is -2.32. The van der Waals surface area contributed by atoms with Crippen molar-refractivity contribution in [2.45, 2.75) is 71.3 Å². The Labute approximate surface area is 195 Å². The molecule has 1 aromatic rings. The number of benzene rings is 1. The van der Waals surface area contributed by atoms with Crippen molar-refractivity contribution in [2.75, 3.05) is 33.9 Å². The smallest absolute Gasteiger partial charge is 0.126 e. The lowest BCUT2D eigenvalue weighted by molar-refractivity contribution is 0.184. The maximum absolute atomic E-state index is 10.7. The molecular weight excluding hydrogens is 402 g/mol. The van der Waals surface area contributed by atoms with Gasteiger partial charge in [0.05, 0.1) is 6.61 Å². The Bertz CT molecular complexity index is 699. The molecule has 0 spiro atoms. The largest absolute Gasteiger partial charge is 0.494 e. The molecule has 6 heteroatoms. The lowest BCUT2D eigenvalue weighted by Gasteiger charge is -2.25. The first-order valence-corrected chi connectivity index (χ1v) is 11.8. The van der Waals surface area contributed by atoms with Gasteiger partial charge < -0.3 is 9.47 Å². The topological polar surface area (TPSA) is 63.2 Å². The molecule has 1 N–H and O–H groups in total. The standard InChI is InChI=1S/C26H43N3O3/c1-7-12-24(31-20-11-19-29(6)27-5)13-9-10-18-26(3,4)22-14-16-25(17-15-22)32-21-23(8-2)28-30/h9,12-17,23,27H,7-8,10-11,18-21H2,1-6H3/b13-9-,24-12+. The minimum atomic E-state index is -0.289. The maximum atomic E-state index is 10.7. The van der Waals surface area contributed by atoms with E-state index in [1.165, 1.54) is 5.56 Å². The van der Waals surface area contributed by atoms with E-state index < -0.39 is 0 Å². The highest BCUT2D eigenvalue weighted by Crippen LogP contribution is 2.30. The summed E-state index contributed by atoms with van der Waals surface area (Å²) in [6.07, 6.45) is 11.1. The predicted molar refractivity (Wildman–Crippen MR) is 134 cm³/mol. The van der Waals surface area contributed by atoms with Gasteiger partial charge in [-0.05, 0) is 74.4 Å². The molecule has 0 radical (unpaired) electrons. The van der Waals surface area contributed by atoms with Crippen molar-refractivity contribution in [1.29, 1.82) is 0 Å². The summed E-state index contributed by atoms with van der Waals surface area (Å²) in [5.41, 5.74) is 4.41. The zero-order valence-electron chi connectivity index (χ0n) is 20.9. The van der Waals surface area contributed by atoms with Gasteiger partial charge in [0.25, 0.3) is 0 Å². The van der Waals surface area contributed by atoms with E-state index in [9.17, 15) is 4.91 Å². The van der Waals surface area contributed by atoms with E-state index in [1.807, 2.05) is 38.2 Å². The molecule has 1 aromatic carbocycles. The summed E-state index contributed by atoms with van der Waals surface area (Å²) in [6.45, 7) is 10.6. The predicted octanol–water partition coefficient (Wildman–Crippen LogP) is 5.99. The summed E-state index contributed by atoms with van der Waals surface area (Å²) in [6, 6.07) is 7.89. The van der Waals surface area contributed by atoms with Gasteiger partial charge in [0, 0.05) is 13.6 Å². The van der Waals surface area contributed by atoms with Gasteiger partial charge in [0.2, 0.25) is 0 Å². The number of hydrogen-bond donors (Lipinski definition) is 1. The normalized spacial score (nSPS) is 13.5. The molecule has 1 atom stereocenters. The van der Waals surface area contributed by atoms with Gasteiger partial charge >= 0.3 is 0 Å². The van der Waals surface area contributed by atoms with E-state index in [1.54, 1.807) is 0 Å². The van der Waals surface area contributed by atoms with Gasteiger partial charge in [-0.1, -0.05) is 51.1 Å². The van der Waals surface area contributed by atoms with E-state index in [0.717, 1.165) is 43.7 Å². The summed E-state index contributed by atoms with van der Waals surface area (Å²) in [7, 11) is 3.95. The molecule has 0 aliphatic heterocycles. The molecule has 32 heavy (non-hydrogen) atoms. The van der Waals surface area contributed by atoms with Gasteiger partial charge in [0.15, 0.2) is 0 Å². The molecule has 1 unspecified atom stereocenters. The number of hydrazine groups is 1. The highest BCUT2D eigenvalue weighted by molar-refractivity contribution is 5.31. The quantitative estimate of drug-likeness (QED) is 0.105. The molecule has 0 amide bonds. The van der Waals surface area contributed by atoms with Crippen LogP contribution in [-0.4, -0.2) is 44.9 Å². The first-order valence-electron chi connectivity index (χ1n) is 11.8. The zero-order valence-corrected chi connectivity index (χ0v) is 20.9. The second kappa shape index (κ2) is 15.6. The molecule has 6 nitrogen and oxygen atoms in total. The second-order valence-electron chi connectivity index (χ2n) is 8.69. The average Bonchev–Trinajstić information content (AvgIpc) is 2.80. The van der Waals surface area contributed by atoms with Gasteiger partial charge in [-0.25, -0.2) is 5.01 Å². The van der Waals surface area contributed by atoms with Crippen LogP contribution in [0.5, 0.6) is 5.75 Å². The van der Waals surface area contributed by atoms with Crippen molar-refractivity contribution in [2.24, 2.45) is 5.18 Å². The molecular formula is C26H43N3O3. The van der Waals surface area contributed by atoms with Crippen LogP contribution in [-0.2, 0) is 10.2 Å². The van der Waals surface area contributed by atoms with Crippen LogP contribution in [0.4, 0.5) is 0 Å². The number of nitrogens with zero attached hydrogens (tertiary/aromatic N) is 2. The Morgan fingerprint density at radius 2 is 1.97 bits per heavy atom. The second-order valence-corrected chi connectivity index (χ2v) is 8.69. The van der Waals surface area contributed by atoms with Crippen molar-refractivity contribution in [1.82, 2.24) is 10.4 Å². The first kappa shape index (κ1) is 27.9. The summed E-state index contributed by atoms with van der Waals surface area (Å²) in [5, 5.41) is 5.13. The summed E-state index contributed by atoms with van der Waals surface area (Å²) < 4.78 is 11.6. The maximum Gasteiger partial charge on any atom is 0.126 e. The van der Waals surface area contributed by atoms with Crippen LogP contribution in [0.2, 0.25) is 0 Å². The number of nitroso groups, excluding NO2 is 1. The van der Waals surface area contributed by atoms with Crippen LogP contribution in [0.1, 0.15) is 65.4 Å². The lowest BCUT2D eigenvalue weighted by atomic mass is 9.80. The number of nitrogens with one attached hydrogen (secondary N) is 1. The Morgan fingerprint density at radius 1 is 1.25 bits per heavy atom. The van der Waals surface area contributed by atoms with Gasteiger partial charge in [0.1, 0.15) is 24.2 Å². The number of rotatable bonds is 17. The summed E-state index contributed by atoms with van der Waals surface area (Å²) in [4.78, 5) is 10.7. The van der Waals surface area contributed by atoms with Gasteiger partial charge in [-0.3, -0.25) is 5.43 Å². The number of allylic oxidation sites excluding steroid dienone is 3. The van der Waals surface area contributed by atoms with E-state index in [4.69, 9.17) is 9.47 Å². The Balaban J connectivity index is 2.51. The molecule has 0 aliphatic carbocycles. The third-order valence-corrected chi connectivity index (χ3v) is 5.61. The molecule has 0 aliphatic rings. The van der Waals surface area contributed by atoms with E-state index >= 15 is 0 Å². The fourth-order valence-electron chi connectivity index (χ4n) is 3.19. The molecule has 0 heterocycles. The Morgan fingerprint density at radius 3 is 2.56 bits per heavy atom. The molecule has 0 fully saturated rings. The fraction of sp³-hybridized carbons (Fsp3) is 0.615. The Kier molecular flexibility index (Phi) is 13.6. The molecule has 0 aromatic heterocycles. The monoisotopic (exact) mass is 445 g/mol. The highest BCUT2D eigenvalue weighted by Gasteiger charge is 2.19. The van der Waals surface area contributed by atoms with E-state index in [0.29, 0.717) is 19.6 Å². The molecule has 0 bridgehead atoms. The van der Waals surface area contributed by atoms with E-state index in [-0.39, 0.29) is 11.5 Å². The van der Waals surface area contributed by atoms with Gasteiger partial charge in [-0.2, -0.15) is 4.91 Å². The minimum Gasteiger partial charge on any atom is -0.494 e. The third-order valence-electron chi connectivity index (χ3n) is 5.61. The van der Waals surface area contributed by atoms with Crippen molar-refractivity contribution < 1.29 is 9.47 Å². The average molecular weight is 446 g/mol.